The number of furan rings is 1. The highest BCUT2D eigenvalue weighted by molar-refractivity contribution is 14.1. The lowest BCUT2D eigenvalue weighted by Gasteiger charge is -2.11. The van der Waals surface area contributed by atoms with E-state index in [1.54, 1.807) is 0 Å². The summed E-state index contributed by atoms with van der Waals surface area (Å²) in [7, 11) is 3.96. The zero-order chi connectivity index (χ0) is 16.8. The summed E-state index contributed by atoms with van der Waals surface area (Å²) < 4.78 is 12.8. The third-order valence-corrected chi connectivity index (χ3v) is 4.62. The summed E-state index contributed by atoms with van der Waals surface area (Å²) in [6, 6.07) is 14.9. The molecule has 0 bridgehead atoms. The molecule has 0 amide bonds. The predicted molar refractivity (Wildman–Crippen MR) is 105 cm³/mol. The van der Waals surface area contributed by atoms with Crippen molar-refractivity contribution in [3.8, 4) is 11.5 Å². The van der Waals surface area contributed by atoms with Crippen molar-refractivity contribution in [1.29, 1.82) is 0 Å². The third kappa shape index (κ3) is 2.58. The van der Waals surface area contributed by atoms with Gasteiger partial charge in [0, 0.05) is 40.9 Å². The van der Waals surface area contributed by atoms with Crippen LogP contribution in [0.2, 0.25) is 0 Å². The van der Waals surface area contributed by atoms with Crippen LogP contribution in [-0.2, 0) is 0 Å². The second-order valence-electron chi connectivity index (χ2n) is 5.84. The van der Waals surface area contributed by atoms with Crippen molar-refractivity contribution >= 4 is 50.2 Å². The number of hydrogen-bond donors (Lipinski definition) is 0. The number of benzene rings is 2. The molecule has 0 saturated carbocycles. The van der Waals surface area contributed by atoms with Crippen LogP contribution in [0, 0.1) is 3.57 Å². The van der Waals surface area contributed by atoms with Gasteiger partial charge in [-0.1, -0.05) is 0 Å². The van der Waals surface area contributed by atoms with Crippen molar-refractivity contribution in [2.45, 2.75) is 0 Å². The van der Waals surface area contributed by atoms with Crippen LogP contribution >= 0.6 is 22.6 Å². The first-order valence-electron chi connectivity index (χ1n) is 7.46. The van der Waals surface area contributed by atoms with Gasteiger partial charge >= 0.3 is 0 Å². The molecular formula is C19H14INO3. The minimum absolute atomic E-state index is 0.0702. The van der Waals surface area contributed by atoms with Crippen molar-refractivity contribution in [2.24, 2.45) is 0 Å². The van der Waals surface area contributed by atoms with E-state index >= 15 is 0 Å². The number of halogens is 1. The second-order valence-corrected chi connectivity index (χ2v) is 7.09. The van der Waals surface area contributed by atoms with Crippen LogP contribution in [-0.4, -0.2) is 14.1 Å². The Labute approximate surface area is 151 Å². The molecule has 4 rings (SSSR count). The third-order valence-electron chi connectivity index (χ3n) is 3.95. The predicted octanol–water partition coefficient (Wildman–Crippen LogP) is 4.88. The lowest BCUT2D eigenvalue weighted by Crippen LogP contribution is -2.07. The minimum atomic E-state index is -0.0702. The molecule has 0 N–H and O–H groups in total. The van der Waals surface area contributed by atoms with Gasteiger partial charge < -0.3 is 13.7 Å². The number of nitrogens with zero attached hydrogens (tertiary/aromatic N) is 1. The monoisotopic (exact) mass is 431 g/mol. The molecular weight excluding hydrogens is 417 g/mol. The lowest BCUT2D eigenvalue weighted by molar-refractivity contribution is 0.562. The molecule has 0 aliphatic carbocycles. The Morgan fingerprint density at radius 3 is 2.42 bits per heavy atom. The number of rotatable bonds is 2. The Kier molecular flexibility index (Phi) is 3.60. The fourth-order valence-corrected chi connectivity index (χ4v) is 3.16. The number of hydrogen-bond acceptors (Lipinski definition) is 4. The summed E-state index contributed by atoms with van der Waals surface area (Å²) in [5.41, 5.74) is 2.31. The fraction of sp³-hybridized carbons (Fsp3) is 0.105. The maximum Gasteiger partial charge on any atom is 0.193 e. The molecule has 4 aromatic rings. The summed E-state index contributed by atoms with van der Waals surface area (Å²) in [6.45, 7) is 0. The molecule has 120 valence electrons. The highest BCUT2D eigenvalue weighted by Crippen LogP contribution is 2.31. The van der Waals surface area contributed by atoms with Crippen molar-refractivity contribution < 1.29 is 8.83 Å². The van der Waals surface area contributed by atoms with Crippen LogP contribution in [0.25, 0.3) is 33.5 Å². The van der Waals surface area contributed by atoms with E-state index in [1.165, 1.54) is 6.07 Å². The van der Waals surface area contributed by atoms with E-state index in [2.05, 4.69) is 22.6 Å². The maximum absolute atomic E-state index is 12.4. The first-order valence-corrected chi connectivity index (χ1v) is 8.54. The van der Waals surface area contributed by atoms with Crippen molar-refractivity contribution in [1.82, 2.24) is 0 Å². The number of anilines is 1. The van der Waals surface area contributed by atoms with Crippen LogP contribution in [0.15, 0.2) is 62.2 Å². The Bertz CT molecular complexity index is 1120. The maximum atomic E-state index is 12.4. The molecule has 0 saturated heterocycles. The van der Waals surface area contributed by atoms with Gasteiger partial charge in [-0.25, -0.2) is 0 Å². The van der Waals surface area contributed by atoms with Gasteiger partial charge in [0.05, 0.1) is 5.39 Å². The highest BCUT2D eigenvalue weighted by Gasteiger charge is 2.12. The van der Waals surface area contributed by atoms with E-state index < -0.39 is 0 Å². The van der Waals surface area contributed by atoms with Gasteiger partial charge in [0.15, 0.2) is 16.9 Å². The Hall–Kier alpha value is -2.28. The molecule has 0 fully saturated rings. The molecule has 0 atom stereocenters. The van der Waals surface area contributed by atoms with Gasteiger partial charge in [0.2, 0.25) is 0 Å². The first kappa shape index (κ1) is 15.3. The van der Waals surface area contributed by atoms with Gasteiger partial charge in [-0.2, -0.15) is 0 Å². The van der Waals surface area contributed by atoms with Crippen LogP contribution in [0.1, 0.15) is 0 Å². The van der Waals surface area contributed by atoms with E-state index in [0.29, 0.717) is 22.5 Å². The molecule has 4 nitrogen and oxygen atoms in total. The summed E-state index contributed by atoms with van der Waals surface area (Å²) in [6.07, 6.45) is 0. The molecule has 5 heteroatoms. The molecule has 0 unspecified atom stereocenters. The normalized spacial score (nSPS) is 11.3. The second kappa shape index (κ2) is 5.66. The van der Waals surface area contributed by atoms with E-state index in [4.69, 9.17) is 8.83 Å². The van der Waals surface area contributed by atoms with Crippen LogP contribution in [0.4, 0.5) is 5.69 Å². The first-order chi connectivity index (χ1) is 11.5. The number of fused-ring (bicyclic) bond motifs is 2. The van der Waals surface area contributed by atoms with E-state index in [1.807, 2.05) is 61.5 Å². The molecule has 0 aliphatic heterocycles. The highest BCUT2D eigenvalue weighted by atomic mass is 127. The van der Waals surface area contributed by atoms with E-state index in [0.717, 1.165) is 20.2 Å². The summed E-state index contributed by atoms with van der Waals surface area (Å²) in [5.74, 6) is 0.995. The Morgan fingerprint density at radius 2 is 1.62 bits per heavy atom. The van der Waals surface area contributed by atoms with Crippen molar-refractivity contribution in [3.05, 3.63) is 62.3 Å². The largest absolute Gasteiger partial charge is 0.453 e. The van der Waals surface area contributed by atoms with Crippen LogP contribution < -0.4 is 10.3 Å². The molecule has 0 radical (unpaired) electrons. The summed E-state index contributed by atoms with van der Waals surface area (Å²) >= 11 is 2.18. The van der Waals surface area contributed by atoms with Crippen LogP contribution in [0.3, 0.4) is 0 Å². The molecule has 0 spiro atoms. The molecule has 2 heterocycles. The van der Waals surface area contributed by atoms with Crippen LogP contribution in [0.5, 0.6) is 0 Å². The molecule has 0 aliphatic rings. The van der Waals surface area contributed by atoms with E-state index in [9.17, 15) is 4.79 Å². The van der Waals surface area contributed by atoms with Gasteiger partial charge in [-0.15, -0.1) is 0 Å². The van der Waals surface area contributed by atoms with Crippen molar-refractivity contribution in [2.75, 3.05) is 19.0 Å². The van der Waals surface area contributed by atoms with Crippen molar-refractivity contribution in [3.63, 3.8) is 0 Å². The lowest BCUT2D eigenvalue weighted by atomic mass is 10.2. The van der Waals surface area contributed by atoms with Gasteiger partial charge in [0.25, 0.3) is 0 Å². The van der Waals surface area contributed by atoms with Gasteiger partial charge in [-0.3, -0.25) is 4.79 Å². The standard InChI is InChI=1S/C19H14INO3/c1-21(2)13-5-3-11-7-18(24-17(11)9-13)19-10-15(22)14-8-12(20)4-6-16(14)23-19/h3-10H,1-2H3. The Morgan fingerprint density at radius 1 is 0.875 bits per heavy atom. The molecule has 24 heavy (non-hydrogen) atoms. The fourth-order valence-electron chi connectivity index (χ4n) is 2.67. The average molecular weight is 431 g/mol. The SMILES string of the molecule is CN(C)c1ccc2cc(-c3cc(=O)c4cc(I)ccc4o3)oc2c1. The summed E-state index contributed by atoms with van der Waals surface area (Å²) in [5, 5.41) is 1.55. The molecule has 2 aromatic heterocycles. The quantitative estimate of drug-likeness (QED) is 0.425. The van der Waals surface area contributed by atoms with E-state index in [-0.39, 0.29) is 5.43 Å². The Balaban J connectivity index is 1.89. The minimum Gasteiger partial charge on any atom is -0.453 e. The van der Waals surface area contributed by atoms with Gasteiger partial charge in [0.1, 0.15) is 11.2 Å². The average Bonchev–Trinajstić information content (AvgIpc) is 2.98. The van der Waals surface area contributed by atoms with Gasteiger partial charge in [-0.05, 0) is 59.0 Å². The summed E-state index contributed by atoms with van der Waals surface area (Å²) in [4.78, 5) is 14.4. The topological polar surface area (TPSA) is 46.6 Å². The molecule has 2 aromatic carbocycles. The zero-order valence-electron chi connectivity index (χ0n) is 13.2. The smallest absolute Gasteiger partial charge is 0.193 e. The zero-order valence-corrected chi connectivity index (χ0v) is 15.3.